The van der Waals surface area contributed by atoms with Crippen molar-refractivity contribution in [3.05, 3.63) is 77.4 Å². The molecule has 1 amide bonds. The lowest BCUT2D eigenvalue weighted by atomic mass is 9.87. The maximum Gasteiger partial charge on any atom is 0.271 e. The summed E-state index contributed by atoms with van der Waals surface area (Å²) >= 11 is 0. The number of benzene rings is 3. The van der Waals surface area contributed by atoms with Crippen molar-refractivity contribution in [2.45, 2.75) is 26.2 Å². The van der Waals surface area contributed by atoms with E-state index in [1.165, 1.54) is 5.56 Å². The van der Waals surface area contributed by atoms with Crippen LogP contribution in [0.25, 0.3) is 10.8 Å². The first kappa shape index (κ1) is 18.6. The van der Waals surface area contributed by atoms with Gasteiger partial charge in [-0.25, -0.2) is 5.43 Å². The van der Waals surface area contributed by atoms with Crippen LogP contribution in [-0.4, -0.2) is 19.2 Å². The topological polar surface area (TPSA) is 50.7 Å². The van der Waals surface area contributed by atoms with Crippen LogP contribution in [0, 0.1) is 0 Å². The molecule has 0 spiro atoms. The van der Waals surface area contributed by atoms with Crippen LogP contribution in [0.15, 0.2) is 65.8 Å². The van der Waals surface area contributed by atoms with Crippen molar-refractivity contribution < 1.29 is 9.53 Å². The average Bonchev–Trinajstić information content (AvgIpc) is 2.67. The Morgan fingerprint density at radius 2 is 1.70 bits per heavy atom. The summed E-state index contributed by atoms with van der Waals surface area (Å²) in [5.74, 6) is 0.465. The van der Waals surface area contributed by atoms with Gasteiger partial charge in [-0.05, 0) is 39.9 Å². The van der Waals surface area contributed by atoms with Crippen LogP contribution in [0.5, 0.6) is 5.75 Å². The van der Waals surface area contributed by atoms with Crippen molar-refractivity contribution in [1.82, 2.24) is 5.43 Å². The predicted octanol–water partition coefficient (Wildman–Crippen LogP) is 4.91. The summed E-state index contributed by atoms with van der Waals surface area (Å²) in [5.41, 5.74) is 5.24. The molecule has 0 bridgehead atoms. The zero-order valence-corrected chi connectivity index (χ0v) is 16.1. The lowest BCUT2D eigenvalue weighted by Gasteiger charge is -2.18. The van der Waals surface area contributed by atoms with E-state index in [4.69, 9.17) is 4.74 Å². The second-order valence-electron chi connectivity index (χ2n) is 7.43. The SMILES string of the molecule is COc1ccc2ccccc2c1/C=N\NC(=O)c1ccc(C(C)(C)C)cc1. The molecule has 0 aliphatic heterocycles. The van der Waals surface area contributed by atoms with Gasteiger partial charge in [-0.3, -0.25) is 4.79 Å². The molecular formula is C23H24N2O2. The molecule has 0 heterocycles. The Hall–Kier alpha value is -3.14. The van der Waals surface area contributed by atoms with Crippen molar-refractivity contribution in [2.75, 3.05) is 7.11 Å². The standard InChI is InChI=1S/C23H24N2O2/c1-23(2,3)18-12-9-17(10-13-18)22(26)25-24-15-20-19-8-6-5-7-16(19)11-14-21(20)27-4/h5-15H,1-4H3,(H,25,26)/b24-15-. The van der Waals surface area contributed by atoms with Gasteiger partial charge in [-0.1, -0.05) is 63.2 Å². The molecule has 27 heavy (non-hydrogen) atoms. The number of hydrazone groups is 1. The Morgan fingerprint density at radius 3 is 2.37 bits per heavy atom. The zero-order chi connectivity index (χ0) is 19.4. The molecule has 0 fully saturated rings. The molecule has 0 aliphatic rings. The third kappa shape index (κ3) is 4.17. The van der Waals surface area contributed by atoms with E-state index in [1.807, 2.05) is 60.7 Å². The fourth-order valence-corrected chi connectivity index (χ4v) is 2.93. The molecule has 4 nitrogen and oxygen atoms in total. The first-order valence-corrected chi connectivity index (χ1v) is 8.90. The number of hydrogen-bond donors (Lipinski definition) is 1. The lowest BCUT2D eigenvalue weighted by Crippen LogP contribution is -2.18. The highest BCUT2D eigenvalue weighted by molar-refractivity contribution is 6.03. The minimum Gasteiger partial charge on any atom is -0.496 e. The van der Waals surface area contributed by atoms with Gasteiger partial charge in [0.2, 0.25) is 0 Å². The Labute approximate surface area is 159 Å². The summed E-state index contributed by atoms with van der Waals surface area (Å²) in [7, 11) is 1.62. The number of nitrogens with zero attached hydrogens (tertiary/aromatic N) is 1. The van der Waals surface area contributed by atoms with E-state index in [9.17, 15) is 4.79 Å². The Balaban J connectivity index is 1.79. The van der Waals surface area contributed by atoms with Crippen LogP contribution in [0.4, 0.5) is 0 Å². The third-order valence-corrected chi connectivity index (χ3v) is 4.52. The largest absolute Gasteiger partial charge is 0.496 e. The van der Waals surface area contributed by atoms with E-state index in [2.05, 4.69) is 31.3 Å². The maximum absolute atomic E-state index is 12.4. The van der Waals surface area contributed by atoms with E-state index >= 15 is 0 Å². The first-order valence-electron chi connectivity index (χ1n) is 8.90. The van der Waals surface area contributed by atoms with Gasteiger partial charge in [0.15, 0.2) is 0 Å². The molecule has 0 aromatic heterocycles. The van der Waals surface area contributed by atoms with Crippen LogP contribution in [0.2, 0.25) is 0 Å². The fraction of sp³-hybridized carbons (Fsp3) is 0.217. The molecule has 3 aromatic carbocycles. The van der Waals surface area contributed by atoms with Crippen molar-refractivity contribution in [3.8, 4) is 5.75 Å². The molecule has 138 valence electrons. The van der Waals surface area contributed by atoms with Crippen molar-refractivity contribution in [1.29, 1.82) is 0 Å². The van der Waals surface area contributed by atoms with E-state index in [0.717, 1.165) is 16.3 Å². The maximum atomic E-state index is 12.4. The Bertz CT molecular complexity index is 983. The molecule has 0 aliphatic carbocycles. The monoisotopic (exact) mass is 360 g/mol. The van der Waals surface area contributed by atoms with Crippen molar-refractivity contribution in [3.63, 3.8) is 0 Å². The molecule has 0 unspecified atom stereocenters. The number of nitrogens with one attached hydrogen (secondary N) is 1. The molecule has 3 aromatic rings. The van der Waals surface area contributed by atoms with Crippen LogP contribution in [-0.2, 0) is 5.41 Å². The van der Waals surface area contributed by atoms with Gasteiger partial charge in [0.1, 0.15) is 5.75 Å². The summed E-state index contributed by atoms with van der Waals surface area (Å²) in [6, 6.07) is 19.5. The van der Waals surface area contributed by atoms with Crippen molar-refractivity contribution in [2.24, 2.45) is 5.10 Å². The fourth-order valence-electron chi connectivity index (χ4n) is 2.93. The Kier molecular flexibility index (Phi) is 5.26. The predicted molar refractivity (Wildman–Crippen MR) is 111 cm³/mol. The second-order valence-corrected chi connectivity index (χ2v) is 7.43. The second kappa shape index (κ2) is 7.62. The normalized spacial score (nSPS) is 11.7. The summed E-state index contributed by atoms with van der Waals surface area (Å²) in [6.45, 7) is 6.43. The summed E-state index contributed by atoms with van der Waals surface area (Å²) in [6.07, 6.45) is 1.63. The molecule has 0 saturated heterocycles. The minimum absolute atomic E-state index is 0.0536. The lowest BCUT2D eigenvalue weighted by molar-refractivity contribution is 0.0955. The van der Waals surface area contributed by atoms with E-state index in [1.54, 1.807) is 13.3 Å². The van der Waals surface area contributed by atoms with Gasteiger partial charge in [-0.15, -0.1) is 0 Å². The quantitative estimate of drug-likeness (QED) is 0.531. The zero-order valence-electron chi connectivity index (χ0n) is 16.1. The molecule has 0 atom stereocenters. The molecule has 1 N–H and O–H groups in total. The van der Waals surface area contributed by atoms with Gasteiger partial charge in [-0.2, -0.15) is 5.10 Å². The minimum atomic E-state index is -0.245. The molecule has 3 rings (SSSR count). The van der Waals surface area contributed by atoms with Gasteiger partial charge in [0, 0.05) is 11.1 Å². The number of methoxy groups -OCH3 is 1. The number of ether oxygens (including phenoxy) is 1. The highest BCUT2D eigenvalue weighted by Gasteiger charge is 2.14. The number of carbonyl (C=O) groups is 1. The highest BCUT2D eigenvalue weighted by Crippen LogP contribution is 2.26. The van der Waals surface area contributed by atoms with Gasteiger partial charge in [0.25, 0.3) is 5.91 Å². The van der Waals surface area contributed by atoms with E-state index in [0.29, 0.717) is 11.3 Å². The van der Waals surface area contributed by atoms with Crippen LogP contribution >= 0.6 is 0 Å². The third-order valence-electron chi connectivity index (χ3n) is 4.52. The van der Waals surface area contributed by atoms with Crippen LogP contribution in [0.3, 0.4) is 0 Å². The van der Waals surface area contributed by atoms with Crippen LogP contribution in [0.1, 0.15) is 42.3 Å². The number of fused-ring (bicyclic) bond motifs is 1. The van der Waals surface area contributed by atoms with Crippen molar-refractivity contribution >= 4 is 22.9 Å². The van der Waals surface area contributed by atoms with Gasteiger partial charge < -0.3 is 4.74 Å². The molecule has 0 radical (unpaired) electrons. The number of carbonyl (C=O) groups excluding carboxylic acids is 1. The summed E-state index contributed by atoms with van der Waals surface area (Å²) in [4.78, 5) is 12.4. The van der Waals surface area contributed by atoms with E-state index < -0.39 is 0 Å². The average molecular weight is 360 g/mol. The highest BCUT2D eigenvalue weighted by atomic mass is 16.5. The van der Waals surface area contributed by atoms with Gasteiger partial charge >= 0.3 is 0 Å². The number of rotatable bonds is 4. The van der Waals surface area contributed by atoms with Gasteiger partial charge in [0.05, 0.1) is 13.3 Å². The summed E-state index contributed by atoms with van der Waals surface area (Å²) in [5, 5.41) is 6.25. The smallest absolute Gasteiger partial charge is 0.271 e. The van der Waals surface area contributed by atoms with Crippen LogP contribution < -0.4 is 10.2 Å². The first-order chi connectivity index (χ1) is 12.9. The van der Waals surface area contributed by atoms with E-state index in [-0.39, 0.29) is 11.3 Å². The number of amides is 1. The molecule has 4 heteroatoms. The summed E-state index contributed by atoms with van der Waals surface area (Å²) < 4.78 is 5.44. The number of hydrogen-bond acceptors (Lipinski definition) is 3. The molecule has 0 saturated carbocycles. The Morgan fingerprint density at radius 1 is 1.00 bits per heavy atom. The molecular weight excluding hydrogens is 336 g/mol.